The first-order chi connectivity index (χ1) is 7.22. The summed E-state index contributed by atoms with van der Waals surface area (Å²) in [5.41, 5.74) is 0.502. The lowest BCUT2D eigenvalue weighted by atomic mass is 10.1. The predicted molar refractivity (Wildman–Crippen MR) is 57.3 cm³/mol. The molecule has 0 heterocycles. The number of ether oxygens (including phenoxy) is 2. The number of ketones is 1. The third-order valence-corrected chi connectivity index (χ3v) is 1.88. The number of carbonyl (C=O) groups is 1. The molecule has 0 spiro atoms. The molecule has 0 atom stereocenters. The monoisotopic (exact) mass is 204 g/mol. The molecule has 0 saturated carbocycles. The highest BCUT2D eigenvalue weighted by atomic mass is 16.5. The number of Topliss-reactive ketones (excluding diaryl/α,β-unsaturated/α-hetero) is 1. The van der Waals surface area contributed by atoms with Crippen LogP contribution >= 0.6 is 0 Å². The van der Waals surface area contributed by atoms with E-state index < -0.39 is 0 Å². The molecule has 1 aromatic rings. The Kier molecular flexibility index (Phi) is 3.75. The van der Waals surface area contributed by atoms with Crippen LogP contribution in [0.1, 0.15) is 17.3 Å². The average Bonchev–Trinajstić information content (AvgIpc) is 2.28. The summed E-state index contributed by atoms with van der Waals surface area (Å²) in [6.07, 6.45) is 0. The van der Waals surface area contributed by atoms with Gasteiger partial charge < -0.3 is 9.47 Å². The van der Waals surface area contributed by atoms with Gasteiger partial charge in [-0.05, 0) is 31.0 Å². The van der Waals surface area contributed by atoms with Crippen molar-refractivity contribution in [2.75, 3.05) is 14.2 Å². The molecule has 1 aromatic carbocycles. The van der Waals surface area contributed by atoms with Crippen molar-refractivity contribution in [3.05, 3.63) is 23.8 Å². The molecule has 0 saturated heterocycles. The summed E-state index contributed by atoms with van der Waals surface area (Å²) < 4.78 is 10.1. The van der Waals surface area contributed by atoms with Crippen molar-refractivity contribution >= 4 is 5.78 Å². The van der Waals surface area contributed by atoms with Crippen LogP contribution in [-0.2, 0) is 0 Å². The van der Waals surface area contributed by atoms with Gasteiger partial charge in [0.25, 0.3) is 0 Å². The van der Waals surface area contributed by atoms with Gasteiger partial charge in [0.15, 0.2) is 11.5 Å². The van der Waals surface area contributed by atoms with Crippen molar-refractivity contribution < 1.29 is 14.3 Å². The van der Waals surface area contributed by atoms with E-state index >= 15 is 0 Å². The second kappa shape index (κ2) is 5.06. The Hall–Kier alpha value is -1.95. The smallest absolute Gasteiger partial charge is 0.236 e. The first-order valence-electron chi connectivity index (χ1n) is 4.42. The molecule has 3 nitrogen and oxygen atoms in total. The second-order valence-corrected chi connectivity index (χ2v) is 2.77. The van der Waals surface area contributed by atoms with Gasteiger partial charge in [-0.25, -0.2) is 0 Å². The van der Waals surface area contributed by atoms with E-state index in [0.29, 0.717) is 17.1 Å². The lowest BCUT2D eigenvalue weighted by Crippen LogP contribution is -1.97. The first-order valence-corrected chi connectivity index (χ1v) is 4.42. The zero-order valence-corrected chi connectivity index (χ0v) is 8.96. The zero-order valence-electron chi connectivity index (χ0n) is 8.96. The van der Waals surface area contributed by atoms with Crippen LogP contribution in [0.3, 0.4) is 0 Å². The molecule has 3 heteroatoms. The average molecular weight is 204 g/mol. The standard InChI is InChI=1S/C12H12O3/c1-4-5-10(13)9-6-7-11(14-2)12(8-9)15-3/h6-8H,1-3H3. The van der Waals surface area contributed by atoms with Crippen LogP contribution in [0.15, 0.2) is 18.2 Å². The van der Waals surface area contributed by atoms with Gasteiger partial charge >= 0.3 is 0 Å². The second-order valence-electron chi connectivity index (χ2n) is 2.77. The SMILES string of the molecule is CC#CC(=O)c1ccc(OC)c(OC)c1. The molecule has 0 bridgehead atoms. The molecule has 78 valence electrons. The van der Waals surface area contributed by atoms with Gasteiger partial charge in [-0.2, -0.15) is 0 Å². The molecule has 0 amide bonds. The van der Waals surface area contributed by atoms with E-state index in [1.807, 2.05) is 0 Å². The summed E-state index contributed by atoms with van der Waals surface area (Å²) in [5, 5.41) is 0. The van der Waals surface area contributed by atoms with E-state index in [-0.39, 0.29) is 5.78 Å². The lowest BCUT2D eigenvalue weighted by molar-refractivity contribution is 0.105. The number of benzene rings is 1. The molecule has 1 rings (SSSR count). The summed E-state index contributed by atoms with van der Waals surface area (Å²) in [5.74, 6) is 5.93. The number of carbonyl (C=O) groups excluding carboxylic acids is 1. The van der Waals surface area contributed by atoms with E-state index in [2.05, 4.69) is 11.8 Å². The van der Waals surface area contributed by atoms with Crippen LogP contribution in [-0.4, -0.2) is 20.0 Å². The summed E-state index contributed by atoms with van der Waals surface area (Å²) in [7, 11) is 3.07. The highest BCUT2D eigenvalue weighted by Gasteiger charge is 2.08. The molecular formula is C12H12O3. The molecule has 0 aliphatic carbocycles. The highest BCUT2D eigenvalue weighted by molar-refractivity contribution is 6.09. The fraction of sp³-hybridized carbons (Fsp3) is 0.250. The van der Waals surface area contributed by atoms with Crippen LogP contribution in [0.4, 0.5) is 0 Å². The van der Waals surface area contributed by atoms with Crippen LogP contribution in [0, 0.1) is 11.8 Å². The van der Waals surface area contributed by atoms with Crippen LogP contribution < -0.4 is 9.47 Å². The Balaban J connectivity index is 3.11. The summed E-state index contributed by atoms with van der Waals surface area (Å²) in [6, 6.07) is 4.96. The molecule has 0 radical (unpaired) electrons. The zero-order chi connectivity index (χ0) is 11.3. The van der Waals surface area contributed by atoms with Crippen molar-refractivity contribution in [2.24, 2.45) is 0 Å². The third-order valence-electron chi connectivity index (χ3n) is 1.88. The summed E-state index contributed by atoms with van der Waals surface area (Å²) >= 11 is 0. The van der Waals surface area contributed by atoms with E-state index in [1.54, 1.807) is 32.2 Å². The normalized spacial score (nSPS) is 8.73. The number of hydrogen-bond acceptors (Lipinski definition) is 3. The first kappa shape index (κ1) is 11.1. The Morgan fingerprint density at radius 3 is 2.40 bits per heavy atom. The molecule has 0 unspecified atom stereocenters. The van der Waals surface area contributed by atoms with Gasteiger partial charge in [0.1, 0.15) is 0 Å². The molecule has 0 N–H and O–H groups in total. The lowest BCUT2D eigenvalue weighted by Gasteiger charge is -2.07. The van der Waals surface area contributed by atoms with Crippen molar-refractivity contribution in [2.45, 2.75) is 6.92 Å². The number of methoxy groups -OCH3 is 2. The quantitative estimate of drug-likeness (QED) is 0.428. The van der Waals surface area contributed by atoms with Crippen LogP contribution in [0.25, 0.3) is 0 Å². The molecule has 15 heavy (non-hydrogen) atoms. The molecule has 0 fully saturated rings. The number of rotatable bonds is 3. The fourth-order valence-electron chi connectivity index (χ4n) is 1.16. The van der Waals surface area contributed by atoms with Gasteiger partial charge in [-0.1, -0.05) is 5.92 Å². The van der Waals surface area contributed by atoms with E-state index in [4.69, 9.17) is 9.47 Å². The topological polar surface area (TPSA) is 35.5 Å². The Morgan fingerprint density at radius 2 is 1.87 bits per heavy atom. The van der Waals surface area contributed by atoms with Gasteiger partial charge in [-0.3, -0.25) is 4.79 Å². The Bertz CT molecular complexity index is 424. The maximum Gasteiger partial charge on any atom is 0.236 e. The van der Waals surface area contributed by atoms with Crippen LogP contribution in [0.5, 0.6) is 11.5 Å². The van der Waals surface area contributed by atoms with E-state index in [0.717, 1.165) is 0 Å². The largest absolute Gasteiger partial charge is 0.493 e. The third kappa shape index (κ3) is 2.50. The Labute approximate surface area is 89.0 Å². The molecule has 0 aromatic heterocycles. The molecule has 0 aliphatic rings. The maximum absolute atomic E-state index is 11.4. The minimum atomic E-state index is -0.224. The molecular weight excluding hydrogens is 192 g/mol. The van der Waals surface area contributed by atoms with Crippen molar-refractivity contribution in [1.29, 1.82) is 0 Å². The van der Waals surface area contributed by atoms with Gasteiger partial charge in [-0.15, -0.1) is 0 Å². The minimum Gasteiger partial charge on any atom is -0.493 e. The van der Waals surface area contributed by atoms with Gasteiger partial charge in [0, 0.05) is 5.56 Å². The number of hydrogen-bond donors (Lipinski definition) is 0. The van der Waals surface area contributed by atoms with Crippen LogP contribution in [0.2, 0.25) is 0 Å². The minimum absolute atomic E-state index is 0.224. The van der Waals surface area contributed by atoms with Gasteiger partial charge in [0.05, 0.1) is 14.2 Å². The Morgan fingerprint density at radius 1 is 1.20 bits per heavy atom. The van der Waals surface area contributed by atoms with Gasteiger partial charge in [0.2, 0.25) is 5.78 Å². The van der Waals surface area contributed by atoms with Crippen molar-refractivity contribution in [3.8, 4) is 23.3 Å². The van der Waals surface area contributed by atoms with Crippen molar-refractivity contribution in [3.63, 3.8) is 0 Å². The fourth-order valence-corrected chi connectivity index (χ4v) is 1.16. The summed E-state index contributed by atoms with van der Waals surface area (Å²) in [6.45, 7) is 1.62. The van der Waals surface area contributed by atoms with E-state index in [9.17, 15) is 4.79 Å². The van der Waals surface area contributed by atoms with E-state index in [1.165, 1.54) is 7.11 Å². The molecule has 0 aliphatic heterocycles. The predicted octanol–water partition coefficient (Wildman–Crippen LogP) is 1.91. The maximum atomic E-state index is 11.4. The van der Waals surface area contributed by atoms with Crippen molar-refractivity contribution in [1.82, 2.24) is 0 Å². The highest BCUT2D eigenvalue weighted by Crippen LogP contribution is 2.27. The summed E-state index contributed by atoms with van der Waals surface area (Å²) in [4.78, 5) is 11.4.